The van der Waals surface area contributed by atoms with E-state index in [1.807, 2.05) is 23.6 Å². The molecule has 20 heavy (non-hydrogen) atoms. The number of carbonyl (C=O) groups excluding carboxylic acids is 1. The zero-order chi connectivity index (χ0) is 14.2. The molecule has 0 N–H and O–H groups in total. The highest BCUT2D eigenvalue weighted by Gasteiger charge is 2.31. The van der Waals surface area contributed by atoms with Gasteiger partial charge in [-0.25, -0.2) is 13.4 Å². The average molecular weight is 307 g/mol. The molecule has 0 unspecified atom stereocenters. The summed E-state index contributed by atoms with van der Waals surface area (Å²) in [5.41, 5.74) is 1.34. The lowest BCUT2D eigenvalue weighted by molar-refractivity contribution is 0.103. The van der Waals surface area contributed by atoms with Gasteiger partial charge in [-0.15, -0.1) is 11.3 Å². The van der Waals surface area contributed by atoms with Gasteiger partial charge < -0.3 is 0 Å². The van der Waals surface area contributed by atoms with E-state index in [1.54, 1.807) is 12.1 Å². The van der Waals surface area contributed by atoms with Crippen LogP contribution >= 0.6 is 11.3 Å². The van der Waals surface area contributed by atoms with Gasteiger partial charge in [0.05, 0.1) is 17.2 Å². The SMILES string of the molecule is O=C(c1ccccc1)c1nc([C@@H]2CCS(=O)(=O)C2)cs1. The van der Waals surface area contributed by atoms with Gasteiger partial charge in [-0.2, -0.15) is 0 Å². The topological polar surface area (TPSA) is 64.1 Å². The summed E-state index contributed by atoms with van der Waals surface area (Å²) < 4.78 is 23.0. The van der Waals surface area contributed by atoms with Gasteiger partial charge in [-0.05, 0) is 6.42 Å². The molecule has 1 aliphatic heterocycles. The number of hydrogen-bond acceptors (Lipinski definition) is 5. The van der Waals surface area contributed by atoms with Gasteiger partial charge in [-0.3, -0.25) is 4.79 Å². The van der Waals surface area contributed by atoms with E-state index in [0.29, 0.717) is 17.0 Å². The second kappa shape index (κ2) is 5.10. The maximum atomic E-state index is 12.2. The van der Waals surface area contributed by atoms with E-state index >= 15 is 0 Å². The van der Waals surface area contributed by atoms with Crippen LogP contribution in [0.1, 0.15) is 33.4 Å². The normalized spacial score (nSPS) is 20.9. The van der Waals surface area contributed by atoms with Crippen molar-refractivity contribution in [1.82, 2.24) is 4.98 Å². The molecule has 2 aromatic rings. The molecule has 1 aromatic heterocycles. The molecule has 3 rings (SSSR count). The van der Waals surface area contributed by atoms with E-state index < -0.39 is 9.84 Å². The van der Waals surface area contributed by atoms with Crippen LogP contribution in [0.3, 0.4) is 0 Å². The van der Waals surface area contributed by atoms with Crippen molar-refractivity contribution >= 4 is 27.0 Å². The molecule has 0 amide bonds. The molecular weight excluding hydrogens is 294 g/mol. The number of sulfone groups is 1. The first kappa shape index (κ1) is 13.5. The Morgan fingerprint density at radius 2 is 2.00 bits per heavy atom. The summed E-state index contributed by atoms with van der Waals surface area (Å²) in [6.07, 6.45) is 0.602. The largest absolute Gasteiger partial charge is 0.286 e. The standard InChI is InChI=1S/C14H13NO3S2/c16-13(10-4-2-1-3-5-10)14-15-12(8-19-14)11-6-7-20(17,18)9-11/h1-5,8,11H,6-7,9H2/t11-/m1/s1. The molecule has 0 aliphatic carbocycles. The molecule has 104 valence electrons. The van der Waals surface area contributed by atoms with Crippen LogP contribution in [0.25, 0.3) is 0 Å². The van der Waals surface area contributed by atoms with Gasteiger partial charge in [0.15, 0.2) is 14.8 Å². The zero-order valence-electron chi connectivity index (χ0n) is 10.7. The van der Waals surface area contributed by atoms with Crippen LogP contribution in [-0.4, -0.2) is 30.7 Å². The lowest BCUT2D eigenvalue weighted by Crippen LogP contribution is -2.05. The van der Waals surface area contributed by atoms with E-state index in [2.05, 4.69) is 4.98 Å². The molecule has 2 heterocycles. The number of carbonyl (C=O) groups is 1. The third kappa shape index (κ3) is 2.66. The van der Waals surface area contributed by atoms with Crippen molar-refractivity contribution in [2.75, 3.05) is 11.5 Å². The number of ketones is 1. The van der Waals surface area contributed by atoms with E-state index in [1.165, 1.54) is 11.3 Å². The van der Waals surface area contributed by atoms with Gasteiger partial charge in [0, 0.05) is 16.9 Å². The van der Waals surface area contributed by atoms with E-state index in [4.69, 9.17) is 0 Å². The Kier molecular flexibility index (Phi) is 3.43. The highest BCUT2D eigenvalue weighted by Crippen LogP contribution is 2.30. The van der Waals surface area contributed by atoms with Crippen LogP contribution < -0.4 is 0 Å². The molecule has 0 spiro atoms. The predicted molar refractivity (Wildman–Crippen MR) is 78.0 cm³/mol. The van der Waals surface area contributed by atoms with Crippen molar-refractivity contribution in [3.63, 3.8) is 0 Å². The Labute approximate surface area is 121 Å². The summed E-state index contributed by atoms with van der Waals surface area (Å²) in [6.45, 7) is 0. The number of nitrogens with zero attached hydrogens (tertiary/aromatic N) is 1. The Morgan fingerprint density at radius 1 is 1.25 bits per heavy atom. The molecule has 6 heteroatoms. The van der Waals surface area contributed by atoms with Crippen LogP contribution in [0.4, 0.5) is 0 Å². The molecule has 0 bridgehead atoms. The molecule has 1 aromatic carbocycles. The Bertz CT molecular complexity index is 735. The van der Waals surface area contributed by atoms with Gasteiger partial charge in [0.25, 0.3) is 0 Å². The first-order chi connectivity index (χ1) is 9.55. The molecule has 1 aliphatic rings. The third-order valence-electron chi connectivity index (χ3n) is 3.40. The summed E-state index contributed by atoms with van der Waals surface area (Å²) in [6, 6.07) is 8.98. The molecule has 1 saturated heterocycles. The Balaban J connectivity index is 1.83. The fraction of sp³-hybridized carbons (Fsp3) is 0.286. The van der Waals surface area contributed by atoms with Crippen LogP contribution in [0.2, 0.25) is 0 Å². The van der Waals surface area contributed by atoms with Crippen LogP contribution in [0.5, 0.6) is 0 Å². The number of thiazole rings is 1. The maximum Gasteiger partial charge on any atom is 0.221 e. The fourth-order valence-electron chi connectivity index (χ4n) is 2.32. The Morgan fingerprint density at radius 3 is 2.65 bits per heavy atom. The lowest BCUT2D eigenvalue weighted by atomic mass is 10.1. The van der Waals surface area contributed by atoms with Crippen molar-refractivity contribution in [1.29, 1.82) is 0 Å². The minimum absolute atomic E-state index is 0.0615. The van der Waals surface area contributed by atoms with E-state index in [9.17, 15) is 13.2 Å². The van der Waals surface area contributed by atoms with Gasteiger partial charge in [0.1, 0.15) is 0 Å². The summed E-state index contributed by atoms with van der Waals surface area (Å²) in [4.78, 5) is 16.6. The summed E-state index contributed by atoms with van der Waals surface area (Å²) in [5.74, 6) is 0.198. The first-order valence-corrected chi connectivity index (χ1v) is 9.01. The predicted octanol–water partition coefficient (Wildman–Crippen LogP) is 2.28. The number of benzene rings is 1. The first-order valence-electron chi connectivity index (χ1n) is 6.31. The Hall–Kier alpha value is -1.53. The smallest absolute Gasteiger partial charge is 0.221 e. The van der Waals surface area contributed by atoms with Crippen LogP contribution in [0.15, 0.2) is 35.7 Å². The summed E-state index contributed by atoms with van der Waals surface area (Å²) in [7, 11) is -2.93. The number of rotatable bonds is 3. The minimum atomic E-state index is -2.93. The van der Waals surface area contributed by atoms with Crippen molar-refractivity contribution in [3.8, 4) is 0 Å². The van der Waals surface area contributed by atoms with E-state index in [-0.39, 0.29) is 23.2 Å². The number of hydrogen-bond donors (Lipinski definition) is 0. The second-order valence-corrected chi connectivity index (χ2v) is 7.96. The molecule has 4 nitrogen and oxygen atoms in total. The number of aromatic nitrogens is 1. The second-order valence-electron chi connectivity index (χ2n) is 4.87. The van der Waals surface area contributed by atoms with Gasteiger partial charge in [-0.1, -0.05) is 30.3 Å². The van der Waals surface area contributed by atoms with Crippen molar-refractivity contribution in [2.45, 2.75) is 12.3 Å². The van der Waals surface area contributed by atoms with Gasteiger partial charge in [0.2, 0.25) is 5.78 Å². The fourth-order valence-corrected chi connectivity index (χ4v) is 4.94. The lowest BCUT2D eigenvalue weighted by Gasteiger charge is -2.01. The molecule has 0 radical (unpaired) electrons. The zero-order valence-corrected chi connectivity index (χ0v) is 12.3. The molecule has 0 saturated carbocycles. The minimum Gasteiger partial charge on any atom is -0.286 e. The molecule has 1 fully saturated rings. The molecule has 1 atom stereocenters. The monoisotopic (exact) mass is 307 g/mol. The highest BCUT2D eigenvalue weighted by atomic mass is 32.2. The van der Waals surface area contributed by atoms with Gasteiger partial charge >= 0.3 is 0 Å². The van der Waals surface area contributed by atoms with E-state index in [0.717, 1.165) is 5.69 Å². The van der Waals surface area contributed by atoms with Crippen LogP contribution in [0, 0.1) is 0 Å². The summed E-state index contributed by atoms with van der Waals surface area (Å²) >= 11 is 1.28. The van der Waals surface area contributed by atoms with Crippen molar-refractivity contribution in [2.24, 2.45) is 0 Å². The average Bonchev–Trinajstić information content (AvgIpc) is 3.05. The molecular formula is C14H13NO3S2. The third-order valence-corrected chi connectivity index (χ3v) is 6.03. The van der Waals surface area contributed by atoms with Crippen molar-refractivity contribution < 1.29 is 13.2 Å². The van der Waals surface area contributed by atoms with Crippen molar-refractivity contribution in [3.05, 3.63) is 52.0 Å². The maximum absolute atomic E-state index is 12.2. The summed E-state index contributed by atoms with van der Waals surface area (Å²) in [5, 5.41) is 2.23. The quantitative estimate of drug-likeness (QED) is 0.816. The highest BCUT2D eigenvalue weighted by molar-refractivity contribution is 7.91. The van der Waals surface area contributed by atoms with Crippen LogP contribution in [-0.2, 0) is 9.84 Å².